The molecule has 1 aliphatic heterocycles. The second-order valence-corrected chi connectivity index (χ2v) is 7.95. The predicted molar refractivity (Wildman–Crippen MR) is 112 cm³/mol. The standard InChI is InChI=1S/C22H23F4N5/c1-12-6-7-31(12)21-27-10-17(11-28-21)29-14(3)30-20(22(24,25)26)19-8-15-4-5-16(23)9-18(15)13(19)2/h4-5,9-12,20,29-30H,3,6-8H2,1-2H3. The first-order valence-corrected chi connectivity index (χ1v) is 10.00. The van der Waals surface area contributed by atoms with Crippen molar-refractivity contribution in [2.75, 3.05) is 16.8 Å². The molecule has 0 saturated carbocycles. The number of hydrogen-bond donors (Lipinski definition) is 2. The third kappa shape index (κ3) is 4.22. The van der Waals surface area contributed by atoms with Crippen molar-refractivity contribution in [3.8, 4) is 0 Å². The molecule has 2 atom stereocenters. The Morgan fingerprint density at radius 2 is 1.97 bits per heavy atom. The molecule has 2 N–H and O–H groups in total. The Balaban J connectivity index is 1.48. The number of allylic oxidation sites excluding steroid dienone is 1. The van der Waals surface area contributed by atoms with Crippen LogP contribution in [0.15, 0.2) is 48.6 Å². The van der Waals surface area contributed by atoms with Gasteiger partial charge in [0.25, 0.3) is 0 Å². The Morgan fingerprint density at radius 3 is 2.55 bits per heavy atom. The Morgan fingerprint density at radius 1 is 1.26 bits per heavy atom. The van der Waals surface area contributed by atoms with E-state index in [-0.39, 0.29) is 17.8 Å². The zero-order valence-electron chi connectivity index (χ0n) is 17.2. The van der Waals surface area contributed by atoms with E-state index in [1.807, 2.05) is 4.90 Å². The van der Waals surface area contributed by atoms with E-state index in [1.165, 1.54) is 30.6 Å². The summed E-state index contributed by atoms with van der Waals surface area (Å²) in [6.45, 7) is 8.24. The summed E-state index contributed by atoms with van der Waals surface area (Å²) in [5.41, 5.74) is 2.18. The highest BCUT2D eigenvalue weighted by atomic mass is 19.4. The highest BCUT2D eigenvalue weighted by Crippen LogP contribution is 2.39. The molecule has 1 aromatic carbocycles. The molecule has 0 spiro atoms. The minimum atomic E-state index is -4.56. The summed E-state index contributed by atoms with van der Waals surface area (Å²) in [7, 11) is 0. The molecule has 4 rings (SSSR count). The molecule has 5 nitrogen and oxygen atoms in total. The van der Waals surface area contributed by atoms with Crippen LogP contribution < -0.4 is 15.5 Å². The third-order valence-corrected chi connectivity index (χ3v) is 5.84. The van der Waals surface area contributed by atoms with Gasteiger partial charge in [-0.15, -0.1) is 0 Å². The van der Waals surface area contributed by atoms with Gasteiger partial charge in [-0.1, -0.05) is 12.6 Å². The lowest BCUT2D eigenvalue weighted by Crippen LogP contribution is -2.46. The summed E-state index contributed by atoms with van der Waals surface area (Å²) in [4.78, 5) is 10.6. The van der Waals surface area contributed by atoms with E-state index >= 15 is 0 Å². The summed E-state index contributed by atoms with van der Waals surface area (Å²) < 4.78 is 55.3. The fraction of sp³-hybridized carbons (Fsp3) is 0.364. The van der Waals surface area contributed by atoms with Crippen molar-refractivity contribution in [2.24, 2.45) is 0 Å². The Kier molecular flexibility index (Phi) is 5.36. The topological polar surface area (TPSA) is 53.1 Å². The van der Waals surface area contributed by atoms with Gasteiger partial charge < -0.3 is 15.5 Å². The zero-order valence-corrected chi connectivity index (χ0v) is 17.2. The van der Waals surface area contributed by atoms with E-state index in [0.29, 0.717) is 34.4 Å². The first-order valence-electron chi connectivity index (χ1n) is 10.00. The van der Waals surface area contributed by atoms with E-state index in [1.54, 1.807) is 6.92 Å². The van der Waals surface area contributed by atoms with Gasteiger partial charge in [0.15, 0.2) is 0 Å². The van der Waals surface area contributed by atoms with Gasteiger partial charge in [-0.2, -0.15) is 13.2 Å². The van der Waals surface area contributed by atoms with Gasteiger partial charge in [0.05, 0.1) is 23.9 Å². The quantitative estimate of drug-likeness (QED) is 0.650. The number of fused-ring (bicyclic) bond motifs is 1. The summed E-state index contributed by atoms with van der Waals surface area (Å²) in [5, 5.41) is 5.24. The van der Waals surface area contributed by atoms with Crippen molar-refractivity contribution in [1.82, 2.24) is 15.3 Å². The lowest BCUT2D eigenvalue weighted by Gasteiger charge is -2.38. The molecular weight excluding hydrogens is 410 g/mol. The molecule has 0 bridgehead atoms. The molecule has 1 aliphatic carbocycles. The lowest BCUT2D eigenvalue weighted by atomic mass is 10.0. The van der Waals surface area contributed by atoms with Crippen LogP contribution >= 0.6 is 0 Å². The summed E-state index contributed by atoms with van der Waals surface area (Å²) in [5.74, 6) is 0.0872. The number of aromatic nitrogens is 2. The van der Waals surface area contributed by atoms with Crippen LogP contribution in [0.4, 0.5) is 29.2 Å². The van der Waals surface area contributed by atoms with E-state index in [9.17, 15) is 17.6 Å². The SMILES string of the molecule is C=C(Nc1cnc(N2CCC2C)nc1)NC(C1=C(C)c2cc(F)ccc2C1)C(F)(F)F. The van der Waals surface area contributed by atoms with Gasteiger partial charge in [0.1, 0.15) is 11.9 Å². The average Bonchev–Trinajstić information content (AvgIpc) is 3.01. The van der Waals surface area contributed by atoms with E-state index in [0.717, 1.165) is 13.0 Å². The monoisotopic (exact) mass is 433 g/mol. The van der Waals surface area contributed by atoms with Crippen LogP contribution in [0.3, 0.4) is 0 Å². The minimum Gasteiger partial charge on any atom is -0.357 e. The molecule has 1 fully saturated rings. The van der Waals surface area contributed by atoms with Gasteiger partial charge in [0, 0.05) is 12.6 Å². The van der Waals surface area contributed by atoms with Crippen LogP contribution in [0.2, 0.25) is 0 Å². The Bertz CT molecular complexity index is 1030. The number of halogens is 4. The number of benzene rings is 1. The minimum absolute atomic E-state index is 0.0292. The number of alkyl halides is 3. The van der Waals surface area contributed by atoms with Crippen LogP contribution in [-0.2, 0) is 6.42 Å². The highest BCUT2D eigenvalue weighted by Gasteiger charge is 2.44. The molecular formula is C22H23F4N5. The largest absolute Gasteiger partial charge is 0.412 e. The normalized spacial score (nSPS) is 19.0. The molecule has 2 aromatic rings. The van der Waals surface area contributed by atoms with Gasteiger partial charge >= 0.3 is 6.18 Å². The zero-order chi connectivity index (χ0) is 22.3. The van der Waals surface area contributed by atoms with Gasteiger partial charge in [-0.25, -0.2) is 14.4 Å². The van der Waals surface area contributed by atoms with Gasteiger partial charge in [0.2, 0.25) is 5.95 Å². The number of nitrogens with one attached hydrogen (secondary N) is 2. The first kappa shape index (κ1) is 21.1. The molecule has 2 heterocycles. The van der Waals surface area contributed by atoms with Crippen LogP contribution in [0, 0.1) is 5.82 Å². The van der Waals surface area contributed by atoms with E-state index < -0.39 is 18.0 Å². The van der Waals surface area contributed by atoms with Crippen LogP contribution in [-0.4, -0.2) is 34.8 Å². The molecule has 9 heteroatoms. The molecule has 1 aromatic heterocycles. The van der Waals surface area contributed by atoms with Crippen molar-refractivity contribution in [2.45, 2.75) is 44.9 Å². The Hall–Kier alpha value is -3.10. The second kappa shape index (κ2) is 7.86. The predicted octanol–water partition coefficient (Wildman–Crippen LogP) is 4.65. The van der Waals surface area contributed by atoms with Crippen molar-refractivity contribution in [1.29, 1.82) is 0 Å². The molecule has 2 unspecified atom stereocenters. The maximum Gasteiger partial charge on any atom is 0.412 e. The second-order valence-electron chi connectivity index (χ2n) is 7.95. The van der Waals surface area contributed by atoms with Gasteiger partial charge in [-0.05, 0) is 61.1 Å². The third-order valence-electron chi connectivity index (χ3n) is 5.84. The van der Waals surface area contributed by atoms with Crippen molar-refractivity contribution in [3.63, 3.8) is 0 Å². The van der Waals surface area contributed by atoms with E-state index in [4.69, 9.17) is 0 Å². The van der Waals surface area contributed by atoms with E-state index in [2.05, 4.69) is 34.1 Å². The summed E-state index contributed by atoms with van der Waals surface area (Å²) in [6, 6.07) is 2.49. The molecule has 31 heavy (non-hydrogen) atoms. The molecule has 0 amide bonds. The molecule has 1 saturated heterocycles. The number of rotatable bonds is 6. The maximum atomic E-state index is 13.9. The first-order chi connectivity index (χ1) is 14.6. The van der Waals surface area contributed by atoms with Crippen molar-refractivity contribution < 1.29 is 17.6 Å². The average molecular weight is 433 g/mol. The van der Waals surface area contributed by atoms with Crippen LogP contribution in [0.5, 0.6) is 0 Å². The number of anilines is 2. The van der Waals surface area contributed by atoms with Crippen molar-refractivity contribution in [3.05, 3.63) is 65.5 Å². The smallest absolute Gasteiger partial charge is 0.357 e. The number of nitrogens with zero attached hydrogens (tertiary/aromatic N) is 3. The van der Waals surface area contributed by atoms with Crippen LogP contribution in [0.25, 0.3) is 5.57 Å². The fourth-order valence-electron chi connectivity index (χ4n) is 3.98. The molecule has 0 radical (unpaired) electrons. The Labute approximate surface area is 177 Å². The maximum absolute atomic E-state index is 13.9. The summed E-state index contributed by atoms with van der Waals surface area (Å²) >= 11 is 0. The van der Waals surface area contributed by atoms with Crippen LogP contribution in [0.1, 0.15) is 31.4 Å². The van der Waals surface area contributed by atoms with Gasteiger partial charge in [-0.3, -0.25) is 0 Å². The highest BCUT2D eigenvalue weighted by molar-refractivity contribution is 5.76. The summed E-state index contributed by atoms with van der Waals surface area (Å²) in [6.07, 6.45) is -0.356. The number of hydrogen-bond acceptors (Lipinski definition) is 5. The molecule has 164 valence electrons. The van der Waals surface area contributed by atoms with Crippen molar-refractivity contribution >= 4 is 17.2 Å². The molecule has 2 aliphatic rings. The lowest BCUT2D eigenvalue weighted by molar-refractivity contribution is -0.145. The fourth-order valence-corrected chi connectivity index (χ4v) is 3.98.